The number of fused-ring (bicyclic) bond motifs is 1. The van der Waals surface area contributed by atoms with Crippen molar-refractivity contribution in [3.8, 4) is 5.75 Å². The Balaban J connectivity index is 1.62. The van der Waals surface area contributed by atoms with Crippen LogP contribution in [-0.4, -0.2) is 23.8 Å². The summed E-state index contributed by atoms with van der Waals surface area (Å²) in [5.41, 5.74) is 0.311. The van der Waals surface area contributed by atoms with E-state index in [1.54, 1.807) is 30.3 Å². The molecule has 3 aromatic rings. The van der Waals surface area contributed by atoms with Crippen molar-refractivity contribution in [1.82, 2.24) is 0 Å². The first-order valence-electron chi connectivity index (χ1n) is 8.10. The van der Waals surface area contributed by atoms with Gasteiger partial charge in [0.2, 0.25) is 0 Å². The number of nitro benzene ring substituents is 1. The number of nitro groups is 1. The van der Waals surface area contributed by atoms with Gasteiger partial charge in [0.05, 0.1) is 17.8 Å². The van der Waals surface area contributed by atoms with Gasteiger partial charge in [0.1, 0.15) is 17.9 Å². The molecule has 0 radical (unpaired) electrons. The van der Waals surface area contributed by atoms with Crippen molar-refractivity contribution >= 4 is 34.4 Å². The Kier molecular flexibility index (Phi) is 5.95. The molecule has 0 aliphatic heterocycles. The van der Waals surface area contributed by atoms with Crippen LogP contribution in [0.5, 0.6) is 5.75 Å². The molecule has 1 aromatic heterocycles. The third-order valence-corrected chi connectivity index (χ3v) is 4.82. The summed E-state index contributed by atoms with van der Waals surface area (Å²) in [5, 5.41) is 11.3. The predicted octanol–water partition coefficient (Wildman–Crippen LogP) is 3.55. The average molecular weight is 401 g/mol. The van der Waals surface area contributed by atoms with E-state index in [4.69, 9.17) is 13.9 Å². The van der Waals surface area contributed by atoms with E-state index >= 15 is 0 Å². The maximum Gasteiger partial charge on any atom is 0.336 e. The second-order valence-electron chi connectivity index (χ2n) is 5.65. The fraction of sp³-hybridized carbons (Fsp3) is 0.158. The molecule has 0 aliphatic rings. The van der Waals surface area contributed by atoms with Crippen LogP contribution in [0, 0.1) is 10.1 Å². The number of methoxy groups -OCH3 is 1. The second kappa shape index (κ2) is 8.57. The molecule has 2 aromatic carbocycles. The monoisotopic (exact) mass is 401 g/mol. The van der Waals surface area contributed by atoms with Crippen LogP contribution < -0.4 is 10.4 Å². The molecule has 3 rings (SSSR count). The first kappa shape index (κ1) is 19.4. The van der Waals surface area contributed by atoms with E-state index in [2.05, 4.69) is 0 Å². The van der Waals surface area contributed by atoms with Gasteiger partial charge in [0.25, 0.3) is 5.69 Å². The number of thioether (sulfide) groups is 1. The van der Waals surface area contributed by atoms with Crippen LogP contribution >= 0.6 is 11.8 Å². The number of ether oxygens (including phenoxy) is 2. The van der Waals surface area contributed by atoms with Crippen LogP contribution in [0.2, 0.25) is 0 Å². The van der Waals surface area contributed by atoms with Gasteiger partial charge in [0, 0.05) is 40.1 Å². The third-order valence-electron chi connectivity index (χ3n) is 3.83. The van der Waals surface area contributed by atoms with Crippen molar-refractivity contribution in [3.05, 3.63) is 74.6 Å². The zero-order valence-corrected chi connectivity index (χ0v) is 15.6. The highest BCUT2D eigenvalue weighted by Gasteiger charge is 2.11. The van der Waals surface area contributed by atoms with Gasteiger partial charge >= 0.3 is 11.6 Å². The number of carbonyl (C=O) groups is 1. The summed E-state index contributed by atoms with van der Waals surface area (Å²) in [6, 6.07) is 12.2. The first-order valence-corrected chi connectivity index (χ1v) is 9.08. The number of benzene rings is 2. The minimum Gasteiger partial charge on any atom is -0.497 e. The minimum atomic E-state index is -0.549. The molecule has 0 saturated carbocycles. The number of nitrogens with zero attached hydrogens (tertiary/aromatic N) is 1. The topological polar surface area (TPSA) is 109 Å². The fourth-order valence-electron chi connectivity index (χ4n) is 2.46. The zero-order valence-electron chi connectivity index (χ0n) is 14.7. The van der Waals surface area contributed by atoms with Crippen molar-refractivity contribution in [3.63, 3.8) is 0 Å². The van der Waals surface area contributed by atoms with E-state index in [0.717, 1.165) is 0 Å². The van der Waals surface area contributed by atoms with Crippen LogP contribution in [0.15, 0.2) is 62.6 Å². The lowest BCUT2D eigenvalue weighted by Gasteiger charge is -2.08. The molecular weight excluding hydrogens is 386 g/mol. The highest BCUT2D eigenvalue weighted by atomic mass is 32.2. The maximum atomic E-state index is 12.0. The Morgan fingerprint density at radius 2 is 1.93 bits per heavy atom. The predicted molar refractivity (Wildman–Crippen MR) is 103 cm³/mol. The molecule has 0 saturated heterocycles. The van der Waals surface area contributed by atoms with Crippen LogP contribution in [0.25, 0.3) is 11.0 Å². The van der Waals surface area contributed by atoms with E-state index in [1.807, 2.05) is 0 Å². The summed E-state index contributed by atoms with van der Waals surface area (Å²) in [6.07, 6.45) is 0. The molecule has 0 spiro atoms. The molecule has 144 valence electrons. The Hall–Kier alpha value is -3.33. The summed E-state index contributed by atoms with van der Waals surface area (Å²) < 4.78 is 15.5. The lowest BCUT2D eigenvalue weighted by molar-refractivity contribution is -0.384. The number of hydrogen-bond acceptors (Lipinski definition) is 8. The van der Waals surface area contributed by atoms with Gasteiger partial charge in [-0.15, -0.1) is 11.8 Å². The van der Waals surface area contributed by atoms with Crippen LogP contribution in [0.3, 0.4) is 0 Å². The molecule has 28 heavy (non-hydrogen) atoms. The molecule has 0 N–H and O–H groups in total. The number of rotatable bonds is 7. The number of hydrogen-bond donors (Lipinski definition) is 0. The molecular formula is C19H15NO7S. The summed E-state index contributed by atoms with van der Waals surface area (Å²) in [4.78, 5) is 34.6. The highest BCUT2D eigenvalue weighted by molar-refractivity contribution is 8.00. The molecule has 0 fully saturated rings. The number of carbonyl (C=O) groups excluding carboxylic acids is 1. The fourth-order valence-corrected chi connectivity index (χ4v) is 3.16. The van der Waals surface area contributed by atoms with Crippen molar-refractivity contribution in [2.45, 2.75) is 11.5 Å². The standard InChI is InChI=1S/C19H15NO7S/c1-25-14-4-7-16-12(8-18(21)27-17(16)9-14)10-26-19(22)11-28-15-5-2-13(3-6-15)20(23)24/h2-9H,10-11H2,1H3. The Morgan fingerprint density at radius 1 is 1.18 bits per heavy atom. The van der Waals surface area contributed by atoms with E-state index in [0.29, 0.717) is 27.2 Å². The van der Waals surface area contributed by atoms with E-state index < -0.39 is 16.5 Å². The van der Waals surface area contributed by atoms with E-state index in [9.17, 15) is 19.7 Å². The normalized spacial score (nSPS) is 10.6. The zero-order chi connectivity index (χ0) is 20.1. The SMILES string of the molecule is COc1ccc2c(COC(=O)CSc3ccc([N+](=O)[O-])cc3)cc(=O)oc2c1. The molecule has 0 bridgehead atoms. The van der Waals surface area contributed by atoms with Gasteiger partial charge in [-0.25, -0.2) is 4.79 Å². The summed E-state index contributed by atoms with van der Waals surface area (Å²) in [5.74, 6) is 0.105. The minimum absolute atomic E-state index is 0.0154. The summed E-state index contributed by atoms with van der Waals surface area (Å²) in [6.45, 7) is -0.0753. The average Bonchev–Trinajstić information content (AvgIpc) is 2.70. The highest BCUT2D eigenvalue weighted by Crippen LogP contribution is 2.24. The van der Waals surface area contributed by atoms with Crippen molar-refractivity contribution in [1.29, 1.82) is 0 Å². The van der Waals surface area contributed by atoms with Gasteiger partial charge in [-0.2, -0.15) is 0 Å². The van der Waals surface area contributed by atoms with Crippen LogP contribution in [0.4, 0.5) is 5.69 Å². The van der Waals surface area contributed by atoms with Gasteiger partial charge in [-0.05, 0) is 24.3 Å². The van der Waals surface area contributed by atoms with Crippen molar-refractivity contribution in [2.75, 3.05) is 12.9 Å². The Labute approximate surface area is 163 Å². The summed E-state index contributed by atoms with van der Waals surface area (Å²) >= 11 is 1.20. The molecule has 0 unspecified atom stereocenters. The summed E-state index contributed by atoms with van der Waals surface area (Å²) in [7, 11) is 1.51. The van der Waals surface area contributed by atoms with Crippen molar-refractivity contribution < 1.29 is 23.6 Å². The quantitative estimate of drug-likeness (QED) is 0.194. The smallest absolute Gasteiger partial charge is 0.336 e. The Bertz CT molecular complexity index is 1080. The molecule has 0 amide bonds. The molecule has 9 heteroatoms. The van der Waals surface area contributed by atoms with E-state index in [1.165, 1.54) is 37.1 Å². The molecule has 0 atom stereocenters. The lowest BCUT2D eigenvalue weighted by atomic mass is 10.1. The van der Waals surface area contributed by atoms with Crippen LogP contribution in [0.1, 0.15) is 5.56 Å². The molecule has 8 nitrogen and oxygen atoms in total. The second-order valence-corrected chi connectivity index (χ2v) is 6.70. The van der Waals surface area contributed by atoms with Gasteiger partial charge in [0.15, 0.2) is 0 Å². The third kappa shape index (κ3) is 4.68. The Morgan fingerprint density at radius 3 is 2.61 bits per heavy atom. The lowest BCUT2D eigenvalue weighted by Crippen LogP contribution is -2.09. The molecule has 1 heterocycles. The van der Waals surface area contributed by atoms with E-state index in [-0.39, 0.29) is 18.0 Å². The van der Waals surface area contributed by atoms with Gasteiger partial charge in [-0.1, -0.05) is 0 Å². The van der Waals surface area contributed by atoms with Crippen molar-refractivity contribution in [2.24, 2.45) is 0 Å². The van der Waals surface area contributed by atoms with Crippen LogP contribution in [-0.2, 0) is 16.1 Å². The largest absolute Gasteiger partial charge is 0.497 e. The number of esters is 1. The first-order chi connectivity index (χ1) is 13.5. The maximum absolute atomic E-state index is 12.0. The van der Waals surface area contributed by atoms with Gasteiger partial charge < -0.3 is 13.9 Å². The number of non-ortho nitro benzene ring substituents is 1. The molecule has 0 aliphatic carbocycles. The van der Waals surface area contributed by atoms with Gasteiger partial charge in [-0.3, -0.25) is 14.9 Å².